The second-order valence-corrected chi connectivity index (χ2v) is 7.22. The van der Waals surface area contributed by atoms with Crippen LogP contribution in [0, 0.1) is 0 Å². The number of carbonyl (C=O) groups is 1. The number of amidine groups is 2. The van der Waals surface area contributed by atoms with Crippen molar-refractivity contribution in [3.63, 3.8) is 0 Å². The maximum absolute atomic E-state index is 12.8. The van der Waals surface area contributed by atoms with Crippen molar-refractivity contribution in [3.8, 4) is 5.75 Å². The molecule has 8 heteroatoms. The number of nitrogens with zero attached hydrogens (tertiary/aromatic N) is 5. The van der Waals surface area contributed by atoms with Crippen molar-refractivity contribution in [1.82, 2.24) is 9.88 Å². The topological polar surface area (TPSA) is 90.6 Å². The van der Waals surface area contributed by atoms with E-state index in [9.17, 15) is 9.90 Å². The summed E-state index contributed by atoms with van der Waals surface area (Å²) in [5.74, 6) is 1.40. The van der Waals surface area contributed by atoms with Crippen LogP contribution in [0.4, 0.5) is 11.4 Å². The summed E-state index contributed by atoms with van der Waals surface area (Å²) in [5, 5.41) is 9.61. The predicted octanol–water partition coefficient (Wildman–Crippen LogP) is 2.00. The first kappa shape index (κ1) is 17.8. The summed E-state index contributed by atoms with van der Waals surface area (Å²) in [5.41, 5.74) is 3.31. The zero-order chi connectivity index (χ0) is 19.8. The number of ketones is 1. The van der Waals surface area contributed by atoms with E-state index >= 15 is 0 Å². The van der Waals surface area contributed by atoms with Crippen LogP contribution in [0.2, 0.25) is 0 Å². The Bertz CT molecular complexity index is 1030. The van der Waals surface area contributed by atoms with E-state index in [1.807, 2.05) is 4.90 Å². The lowest BCUT2D eigenvalue weighted by atomic mass is 10.0. The number of hydrogen-bond acceptors (Lipinski definition) is 8. The number of morpholine rings is 1. The van der Waals surface area contributed by atoms with Crippen LogP contribution >= 0.6 is 0 Å². The smallest absolute Gasteiger partial charge is 0.172 e. The molecule has 4 heterocycles. The van der Waals surface area contributed by atoms with Crippen molar-refractivity contribution in [3.05, 3.63) is 47.8 Å². The molecule has 1 N–H and O–H groups in total. The highest BCUT2D eigenvalue weighted by Gasteiger charge is 2.31. The molecule has 8 nitrogen and oxygen atoms in total. The summed E-state index contributed by atoms with van der Waals surface area (Å²) in [7, 11) is 0. The molecule has 0 spiro atoms. The molecule has 5 rings (SSSR count). The highest BCUT2D eigenvalue weighted by Crippen LogP contribution is 2.33. The average molecular weight is 391 g/mol. The number of aromatic hydroxyl groups is 1. The molecule has 0 aliphatic carbocycles. The molecule has 0 radical (unpaired) electrons. The molecule has 0 bridgehead atoms. The Morgan fingerprint density at radius 1 is 1.14 bits per heavy atom. The predicted molar refractivity (Wildman–Crippen MR) is 110 cm³/mol. The highest BCUT2D eigenvalue weighted by molar-refractivity contribution is 6.21. The number of ether oxygens (including phenoxy) is 1. The third kappa shape index (κ3) is 3.36. The van der Waals surface area contributed by atoms with Crippen LogP contribution in [0.1, 0.15) is 22.3 Å². The Balaban J connectivity index is 1.47. The summed E-state index contributed by atoms with van der Waals surface area (Å²) < 4.78 is 5.45. The lowest BCUT2D eigenvalue weighted by Crippen LogP contribution is -2.39. The molecule has 1 aromatic carbocycles. The normalized spacial score (nSPS) is 18.1. The Hall–Kier alpha value is -3.26. The first-order chi connectivity index (χ1) is 14.2. The molecule has 3 aliphatic heterocycles. The minimum atomic E-state index is -0.133. The zero-order valence-corrected chi connectivity index (χ0v) is 15.9. The van der Waals surface area contributed by atoms with E-state index in [4.69, 9.17) is 9.73 Å². The molecular weight excluding hydrogens is 370 g/mol. The SMILES string of the molecule is O=C(CC1=Nc2cc(N3CCOCC3)ccc2C2=NCCN12)c1cncc(O)c1. The first-order valence-electron chi connectivity index (χ1n) is 9.73. The number of benzene rings is 1. The molecule has 0 saturated carbocycles. The largest absolute Gasteiger partial charge is 0.506 e. The van der Waals surface area contributed by atoms with Gasteiger partial charge in [0, 0.05) is 42.6 Å². The zero-order valence-electron chi connectivity index (χ0n) is 15.9. The van der Waals surface area contributed by atoms with Crippen LogP contribution in [0.15, 0.2) is 46.6 Å². The molecule has 0 unspecified atom stereocenters. The van der Waals surface area contributed by atoms with Gasteiger partial charge in [0.1, 0.15) is 17.4 Å². The van der Waals surface area contributed by atoms with Crippen molar-refractivity contribution in [2.24, 2.45) is 9.98 Å². The number of carbonyl (C=O) groups excluding carboxylic acids is 1. The van der Waals surface area contributed by atoms with E-state index < -0.39 is 0 Å². The molecule has 3 aliphatic rings. The summed E-state index contributed by atoms with van der Waals surface area (Å²) >= 11 is 0. The Kier molecular flexibility index (Phi) is 4.48. The van der Waals surface area contributed by atoms with Crippen molar-refractivity contribution in [1.29, 1.82) is 0 Å². The van der Waals surface area contributed by atoms with Gasteiger partial charge < -0.3 is 19.6 Å². The van der Waals surface area contributed by atoms with Gasteiger partial charge in [-0.05, 0) is 24.3 Å². The number of fused-ring (bicyclic) bond motifs is 3. The average Bonchev–Trinajstić information content (AvgIpc) is 3.24. The quantitative estimate of drug-likeness (QED) is 0.802. The number of Topliss-reactive ketones (excluding diaryl/α,β-unsaturated/α-hetero) is 1. The number of anilines is 1. The fourth-order valence-electron chi connectivity index (χ4n) is 3.91. The molecular formula is C21H21N5O3. The van der Waals surface area contributed by atoms with Gasteiger partial charge in [0.15, 0.2) is 5.78 Å². The number of hydrogen-bond donors (Lipinski definition) is 1. The van der Waals surface area contributed by atoms with Crippen LogP contribution in [-0.2, 0) is 4.74 Å². The van der Waals surface area contributed by atoms with E-state index in [1.165, 1.54) is 18.5 Å². The minimum absolute atomic E-state index is 0.0228. The van der Waals surface area contributed by atoms with Gasteiger partial charge in [-0.25, -0.2) is 4.99 Å². The van der Waals surface area contributed by atoms with Gasteiger partial charge in [-0.1, -0.05) is 0 Å². The van der Waals surface area contributed by atoms with Gasteiger partial charge in [0.25, 0.3) is 0 Å². The van der Waals surface area contributed by atoms with E-state index in [0.717, 1.165) is 49.1 Å². The fourth-order valence-corrected chi connectivity index (χ4v) is 3.91. The van der Waals surface area contributed by atoms with E-state index in [1.54, 1.807) is 0 Å². The van der Waals surface area contributed by atoms with Gasteiger partial charge in [-0.2, -0.15) is 0 Å². The lowest BCUT2D eigenvalue weighted by molar-refractivity contribution is 0.0998. The Labute approximate surface area is 168 Å². The molecule has 1 saturated heterocycles. The van der Waals surface area contributed by atoms with Gasteiger partial charge >= 0.3 is 0 Å². The molecule has 1 aromatic heterocycles. The lowest BCUT2D eigenvalue weighted by Gasteiger charge is -2.31. The van der Waals surface area contributed by atoms with Crippen molar-refractivity contribution < 1.29 is 14.6 Å². The van der Waals surface area contributed by atoms with Crippen LogP contribution < -0.4 is 4.90 Å². The monoisotopic (exact) mass is 391 g/mol. The second-order valence-electron chi connectivity index (χ2n) is 7.22. The second kappa shape index (κ2) is 7.29. The molecule has 1 fully saturated rings. The van der Waals surface area contributed by atoms with Crippen molar-refractivity contribution in [2.45, 2.75) is 6.42 Å². The van der Waals surface area contributed by atoms with Gasteiger partial charge in [-0.3, -0.25) is 14.8 Å². The molecule has 0 amide bonds. The third-order valence-electron chi connectivity index (χ3n) is 5.36. The number of aliphatic imine (C=N–C) groups is 2. The summed E-state index contributed by atoms with van der Waals surface area (Å²) in [4.78, 5) is 30.4. The van der Waals surface area contributed by atoms with E-state index in [0.29, 0.717) is 24.5 Å². The molecule has 148 valence electrons. The number of rotatable bonds is 4. The summed E-state index contributed by atoms with van der Waals surface area (Å²) in [6.07, 6.45) is 2.91. The van der Waals surface area contributed by atoms with Crippen LogP contribution in [0.3, 0.4) is 0 Å². The number of pyridine rings is 1. The minimum Gasteiger partial charge on any atom is -0.506 e. The summed E-state index contributed by atoms with van der Waals surface area (Å²) in [6, 6.07) is 7.67. The maximum Gasteiger partial charge on any atom is 0.172 e. The first-order valence-corrected chi connectivity index (χ1v) is 9.73. The van der Waals surface area contributed by atoms with Crippen molar-refractivity contribution in [2.75, 3.05) is 44.3 Å². The molecule has 2 aromatic rings. The van der Waals surface area contributed by atoms with Gasteiger partial charge in [0.05, 0.1) is 38.1 Å². The van der Waals surface area contributed by atoms with Gasteiger partial charge in [0.2, 0.25) is 0 Å². The standard InChI is InChI=1S/C21H21N5O3/c27-16-9-14(12-22-13-16)19(28)11-20-24-18-10-15(25-5-7-29-8-6-25)1-2-17(18)21-23-3-4-26(20)21/h1-2,9-10,12-13,27H,3-8,11H2. The van der Waals surface area contributed by atoms with Gasteiger partial charge in [-0.15, -0.1) is 0 Å². The fraction of sp³-hybridized carbons (Fsp3) is 0.333. The van der Waals surface area contributed by atoms with Crippen LogP contribution in [-0.4, -0.2) is 71.8 Å². The Morgan fingerprint density at radius 2 is 2.00 bits per heavy atom. The molecule has 29 heavy (non-hydrogen) atoms. The number of aromatic nitrogens is 1. The summed E-state index contributed by atoms with van der Waals surface area (Å²) in [6.45, 7) is 4.54. The Morgan fingerprint density at radius 3 is 2.83 bits per heavy atom. The van der Waals surface area contributed by atoms with Crippen molar-refractivity contribution >= 4 is 28.8 Å². The van der Waals surface area contributed by atoms with Crippen LogP contribution in [0.25, 0.3) is 0 Å². The van der Waals surface area contributed by atoms with E-state index in [2.05, 4.69) is 33.1 Å². The van der Waals surface area contributed by atoms with Crippen LogP contribution in [0.5, 0.6) is 5.75 Å². The maximum atomic E-state index is 12.8. The highest BCUT2D eigenvalue weighted by atomic mass is 16.5. The van der Waals surface area contributed by atoms with E-state index in [-0.39, 0.29) is 18.0 Å². The molecule has 0 atom stereocenters. The third-order valence-corrected chi connectivity index (χ3v) is 5.36.